The Bertz CT molecular complexity index is 816. The van der Waals surface area contributed by atoms with Crippen LogP contribution in [0, 0.1) is 5.92 Å². The fourth-order valence-electron chi connectivity index (χ4n) is 4.74. The molecule has 2 atom stereocenters. The highest BCUT2D eigenvalue weighted by atomic mass is 35.5. The van der Waals surface area contributed by atoms with Crippen LogP contribution in [0.4, 0.5) is 17.1 Å². The van der Waals surface area contributed by atoms with Gasteiger partial charge < -0.3 is 15.5 Å². The Morgan fingerprint density at radius 3 is 2.80 bits per heavy atom. The molecule has 2 N–H and O–H groups in total. The zero-order valence-electron chi connectivity index (χ0n) is 14.0. The lowest BCUT2D eigenvalue weighted by Gasteiger charge is -2.42. The second kappa shape index (κ2) is 6.08. The summed E-state index contributed by atoms with van der Waals surface area (Å²) in [4.78, 5) is 2.61. The Morgan fingerprint density at radius 2 is 1.96 bits per heavy atom. The predicted molar refractivity (Wildman–Crippen MR) is 106 cm³/mol. The molecule has 0 unspecified atom stereocenters. The number of halogens is 2. The maximum Gasteiger partial charge on any atom is 0.0762 e. The fourth-order valence-corrected chi connectivity index (χ4v) is 5.23. The number of rotatable bonds is 2. The molecule has 0 aromatic heterocycles. The number of benzene rings is 2. The second-order valence-electron chi connectivity index (χ2n) is 7.37. The van der Waals surface area contributed by atoms with Gasteiger partial charge in [-0.2, -0.15) is 0 Å². The monoisotopic (exact) mass is 373 g/mol. The first-order valence-electron chi connectivity index (χ1n) is 9.04. The van der Waals surface area contributed by atoms with Crippen LogP contribution < -0.4 is 15.5 Å². The molecule has 5 rings (SSSR count). The molecule has 2 aromatic rings. The Hall–Kier alpha value is -1.42. The summed E-state index contributed by atoms with van der Waals surface area (Å²) in [6.07, 6.45) is 2.38. The normalized spacial score (nSPS) is 24.0. The standard InChI is InChI=1S/C20H21Cl2N3/c21-17-4-1-5-18(22)19(17)24-14-7-12-3-2-6-25-11-13-9-23-10-16(13)15(8-14)20(12)25/h1,4-5,7-8,13,16,23-24H,2-3,6,9-11H2/t13-,16-/m1/s1. The van der Waals surface area contributed by atoms with E-state index in [2.05, 4.69) is 27.7 Å². The summed E-state index contributed by atoms with van der Waals surface area (Å²) in [5.74, 6) is 1.34. The lowest BCUT2D eigenvalue weighted by Crippen LogP contribution is -2.41. The SMILES string of the molecule is Clc1cccc(Cl)c1Nc1cc2c3c(c1)[C@@H]1CNC[C@@H]1CN3CCC2. The van der Waals surface area contributed by atoms with Gasteiger partial charge in [0.2, 0.25) is 0 Å². The van der Waals surface area contributed by atoms with Gasteiger partial charge >= 0.3 is 0 Å². The number of nitrogens with one attached hydrogen (secondary N) is 2. The van der Waals surface area contributed by atoms with E-state index in [-0.39, 0.29) is 0 Å². The van der Waals surface area contributed by atoms with Crippen molar-refractivity contribution in [2.24, 2.45) is 5.92 Å². The highest BCUT2D eigenvalue weighted by molar-refractivity contribution is 6.39. The first kappa shape index (κ1) is 15.8. The molecule has 0 saturated carbocycles. The minimum atomic E-state index is 0.617. The average Bonchev–Trinajstić information content (AvgIpc) is 3.07. The number of hydrogen-bond acceptors (Lipinski definition) is 3. The fraction of sp³-hybridized carbons (Fsp3) is 0.400. The molecule has 130 valence electrons. The third-order valence-electron chi connectivity index (χ3n) is 5.83. The van der Waals surface area contributed by atoms with Gasteiger partial charge in [0.25, 0.3) is 0 Å². The summed E-state index contributed by atoms with van der Waals surface area (Å²) in [5, 5.41) is 8.38. The molecule has 2 aromatic carbocycles. The van der Waals surface area contributed by atoms with E-state index >= 15 is 0 Å². The van der Waals surface area contributed by atoms with E-state index in [0.717, 1.165) is 36.8 Å². The molecule has 3 heterocycles. The molecule has 5 heteroatoms. The maximum absolute atomic E-state index is 6.35. The first-order valence-corrected chi connectivity index (χ1v) is 9.80. The minimum Gasteiger partial charge on any atom is -0.371 e. The van der Waals surface area contributed by atoms with Gasteiger partial charge in [-0.1, -0.05) is 29.3 Å². The Kier molecular flexibility index (Phi) is 3.85. The highest BCUT2D eigenvalue weighted by Gasteiger charge is 2.38. The van der Waals surface area contributed by atoms with E-state index in [1.807, 2.05) is 18.2 Å². The summed E-state index contributed by atoms with van der Waals surface area (Å²) >= 11 is 12.7. The lowest BCUT2D eigenvalue weighted by atomic mass is 9.80. The third-order valence-corrected chi connectivity index (χ3v) is 6.46. The summed E-state index contributed by atoms with van der Waals surface area (Å²) in [6.45, 7) is 4.60. The maximum atomic E-state index is 6.35. The van der Waals surface area contributed by atoms with Crippen LogP contribution in [0.1, 0.15) is 23.5 Å². The molecular formula is C20H21Cl2N3. The Labute approximate surface area is 158 Å². The molecule has 1 saturated heterocycles. The van der Waals surface area contributed by atoms with E-state index in [1.165, 1.54) is 36.3 Å². The van der Waals surface area contributed by atoms with Crippen molar-refractivity contribution in [1.82, 2.24) is 5.32 Å². The Morgan fingerprint density at radius 1 is 1.12 bits per heavy atom. The van der Waals surface area contributed by atoms with Crippen LogP contribution in [0.15, 0.2) is 30.3 Å². The molecule has 0 radical (unpaired) electrons. The van der Waals surface area contributed by atoms with Gasteiger partial charge in [-0.15, -0.1) is 0 Å². The number of hydrogen-bond donors (Lipinski definition) is 2. The molecular weight excluding hydrogens is 353 g/mol. The van der Waals surface area contributed by atoms with Crippen molar-refractivity contribution < 1.29 is 0 Å². The number of nitrogens with zero attached hydrogens (tertiary/aromatic N) is 1. The van der Waals surface area contributed by atoms with Crippen LogP contribution in [0.5, 0.6) is 0 Å². The van der Waals surface area contributed by atoms with Gasteiger partial charge in [0.1, 0.15) is 0 Å². The zero-order valence-corrected chi connectivity index (χ0v) is 15.5. The highest BCUT2D eigenvalue weighted by Crippen LogP contribution is 2.46. The van der Waals surface area contributed by atoms with E-state index in [9.17, 15) is 0 Å². The number of anilines is 3. The van der Waals surface area contributed by atoms with Crippen molar-refractivity contribution in [2.75, 3.05) is 36.4 Å². The van der Waals surface area contributed by atoms with Crippen molar-refractivity contribution in [2.45, 2.75) is 18.8 Å². The summed E-state index contributed by atoms with van der Waals surface area (Å²) in [5.41, 5.74) is 6.33. The molecule has 3 nitrogen and oxygen atoms in total. The van der Waals surface area contributed by atoms with E-state index in [0.29, 0.717) is 16.0 Å². The second-order valence-corrected chi connectivity index (χ2v) is 8.18. The van der Waals surface area contributed by atoms with Crippen molar-refractivity contribution in [3.05, 3.63) is 51.5 Å². The van der Waals surface area contributed by atoms with Crippen LogP contribution in [0.25, 0.3) is 0 Å². The van der Waals surface area contributed by atoms with E-state index in [1.54, 1.807) is 0 Å². The molecule has 1 fully saturated rings. The number of fused-ring (bicyclic) bond motifs is 2. The largest absolute Gasteiger partial charge is 0.371 e. The van der Waals surface area contributed by atoms with E-state index in [4.69, 9.17) is 23.2 Å². The smallest absolute Gasteiger partial charge is 0.0762 e. The van der Waals surface area contributed by atoms with Crippen LogP contribution in [0.3, 0.4) is 0 Å². The molecule has 0 aliphatic carbocycles. The minimum absolute atomic E-state index is 0.617. The van der Waals surface area contributed by atoms with Crippen molar-refractivity contribution >= 4 is 40.3 Å². The topological polar surface area (TPSA) is 27.3 Å². The van der Waals surface area contributed by atoms with Crippen LogP contribution in [-0.4, -0.2) is 26.2 Å². The molecule has 25 heavy (non-hydrogen) atoms. The van der Waals surface area contributed by atoms with E-state index < -0.39 is 0 Å². The molecule has 0 bridgehead atoms. The van der Waals surface area contributed by atoms with Crippen molar-refractivity contribution in [1.29, 1.82) is 0 Å². The van der Waals surface area contributed by atoms with Gasteiger partial charge in [0.05, 0.1) is 15.7 Å². The van der Waals surface area contributed by atoms with Gasteiger partial charge in [-0.3, -0.25) is 0 Å². The van der Waals surface area contributed by atoms with Crippen LogP contribution >= 0.6 is 23.2 Å². The summed E-state index contributed by atoms with van der Waals surface area (Å²) in [6, 6.07) is 10.2. The van der Waals surface area contributed by atoms with Crippen molar-refractivity contribution in [3.8, 4) is 0 Å². The zero-order chi connectivity index (χ0) is 17.0. The molecule has 3 aliphatic rings. The third kappa shape index (κ3) is 2.61. The van der Waals surface area contributed by atoms with Gasteiger partial charge in [0.15, 0.2) is 0 Å². The number of para-hydroxylation sites is 1. The van der Waals surface area contributed by atoms with Crippen LogP contribution in [-0.2, 0) is 6.42 Å². The van der Waals surface area contributed by atoms with Crippen LogP contribution in [0.2, 0.25) is 10.0 Å². The first-order chi connectivity index (χ1) is 12.2. The lowest BCUT2D eigenvalue weighted by molar-refractivity contribution is 0.470. The quantitative estimate of drug-likeness (QED) is 0.790. The predicted octanol–water partition coefficient (Wildman–Crippen LogP) is 4.81. The number of aryl methyl sites for hydroxylation is 1. The van der Waals surface area contributed by atoms with Gasteiger partial charge in [-0.25, -0.2) is 0 Å². The molecule has 0 amide bonds. The van der Waals surface area contributed by atoms with Gasteiger partial charge in [0, 0.05) is 43.5 Å². The molecule has 3 aliphatic heterocycles. The van der Waals surface area contributed by atoms with Crippen molar-refractivity contribution in [3.63, 3.8) is 0 Å². The summed E-state index contributed by atoms with van der Waals surface area (Å²) < 4.78 is 0. The van der Waals surface area contributed by atoms with Gasteiger partial charge in [-0.05, 0) is 54.2 Å². The Balaban J connectivity index is 1.60. The summed E-state index contributed by atoms with van der Waals surface area (Å²) in [7, 11) is 0. The average molecular weight is 374 g/mol. The molecule has 0 spiro atoms.